The number of aryl methyl sites for hydroxylation is 1. The highest BCUT2D eigenvalue weighted by atomic mass is 35.5. The van der Waals surface area contributed by atoms with Crippen LogP contribution in [0.15, 0.2) is 33.9 Å². The van der Waals surface area contributed by atoms with Crippen molar-refractivity contribution in [1.29, 1.82) is 0 Å². The molecule has 0 bridgehead atoms. The number of imidazole rings is 1. The highest BCUT2D eigenvalue weighted by Crippen LogP contribution is 2.33. The van der Waals surface area contributed by atoms with Gasteiger partial charge in [-0.1, -0.05) is 18.5 Å². The molecule has 2 aromatic heterocycles. The number of carbonyl (C=O) groups is 1. The van der Waals surface area contributed by atoms with Gasteiger partial charge in [-0.25, -0.2) is 4.79 Å². The number of aromatic nitrogens is 4. The van der Waals surface area contributed by atoms with E-state index >= 15 is 0 Å². The van der Waals surface area contributed by atoms with Crippen molar-refractivity contribution in [1.82, 2.24) is 18.7 Å². The second-order valence-electron chi connectivity index (χ2n) is 7.32. The first-order valence-corrected chi connectivity index (χ1v) is 9.38. The molecule has 3 aromatic rings. The Hall–Kier alpha value is -2.87. The SMILES string of the molecule is CC(=O)Cn1c(=O)c2c(nc3n2C[C@@H](C)CN3c2ccc(Cl)cc2)n(C)c1=O. The van der Waals surface area contributed by atoms with Crippen molar-refractivity contribution in [2.24, 2.45) is 13.0 Å². The van der Waals surface area contributed by atoms with Gasteiger partial charge in [0.2, 0.25) is 5.95 Å². The molecule has 4 rings (SSSR count). The van der Waals surface area contributed by atoms with Crippen molar-refractivity contribution in [3.8, 4) is 0 Å². The van der Waals surface area contributed by atoms with Gasteiger partial charge in [0.15, 0.2) is 11.2 Å². The topological polar surface area (TPSA) is 82.1 Å². The summed E-state index contributed by atoms with van der Waals surface area (Å²) in [5, 5.41) is 0.636. The normalized spacial score (nSPS) is 16.4. The van der Waals surface area contributed by atoms with Gasteiger partial charge in [0.1, 0.15) is 5.78 Å². The molecule has 0 spiro atoms. The second-order valence-corrected chi connectivity index (χ2v) is 7.76. The summed E-state index contributed by atoms with van der Waals surface area (Å²) in [6, 6.07) is 7.41. The summed E-state index contributed by atoms with van der Waals surface area (Å²) in [6.45, 7) is 4.52. The number of carbonyl (C=O) groups excluding carboxylic acids is 1. The zero-order valence-corrected chi connectivity index (χ0v) is 16.6. The van der Waals surface area contributed by atoms with Crippen LogP contribution in [-0.2, 0) is 24.9 Å². The number of halogens is 1. The first kappa shape index (κ1) is 18.5. The average Bonchev–Trinajstić information content (AvgIpc) is 3.03. The maximum atomic E-state index is 13.1. The summed E-state index contributed by atoms with van der Waals surface area (Å²) in [5.41, 5.74) is 0.523. The minimum Gasteiger partial charge on any atom is -0.312 e. The minimum atomic E-state index is -0.547. The Labute approximate surface area is 165 Å². The number of hydrogen-bond acceptors (Lipinski definition) is 5. The first-order chi connectivity index (χ1) is 13.3. The average molecular weight is 402 g/mol. The zero-order valence-electron chi connectivity index (χ0n) is 15.8. The minimum absolute atomic E-state index is 0.249. The quantitative estimate of drug-likeness (QED) is 0.669. The third kappa shape index (κ3) is 2.84. The van der Waals surface area contributed by atoms with Gasteiger partial charge in [0, 0.05) is 30.8 Å². The van der Waals surface area contributed by atoms with Crippen molar-refractivity contribution in [2.75, 3.05) is 11.4 Å². The largest absolute Gasteiger partial charge is 0.332 e. The Bertz CT molecular complexity index is 1210. The van der Waals surface area contributed by atoms with E-state index < -0.39 is 11.2 Å². The molecule has 1 aliphatic rings. The molecule has 28 heavy (non-hydrogen) atoms. The molecule has 9 heteroatoms. The van der Waals surface area contributed by atoms with E-state index in [2.05, 4.69) is 11.9 Å². The molecule has 0 aliphatic carbocycles. The fraction of sp³-hybridized carbons (Fsp3) is 0.368. The van der Waals surface area contributed by atoms with E-state index in [0.717, 1.165) is 16.8 Å². The number of ketones is 1. The highest BCUT2D eigenvalue weighted by Gasteiger charge is 2.29. The van der Waals surface area contributed by atoms with Gasteiger partial charge in [0.05, 0.1) is 6.54 Å². The summed E-state index contributed by atoms with van der Waals surface area (Å²) in [5.74, 6) is 0.592. The molecule has 0 saturated carbocycles. The molecule has 1 atom stereocenters. The van der Waals surface area contributed by atoms with Gasteiger partial charge in [-0.2, -0.15) is 4.98 Å². The van der Waals surface area contributed by atoms with Crippen molar-refractivity contribution in [3.05, 3.63) is 50.1 Å². The van der Waals surface area contributed by atoms with E-state index in [9.17, 15) is 14.4 Å². The molecule has 0 saturated heterocycles. The Balaban J connectivity index is 2.00. The molecule has 0 N–H and O–H groups in total. The number of anilines is 2. The van der Waals surface area contributed by atoms with Crippen LogP contribution in [0.2, 0.25) is 5.02 Å². The summed E-state index contributed by atoms with van der Waals surface area (Å²) in [7, 11) is 1.57. The molecule has 146 valence electrons. The molecular weight excluding hydrogens is 382 g/mol. The van der Waals surface area contributed by atoms with Crippen molar-refractivity contribution in [2.45, 2.75) is 26.9 Å². The maximum Gasteiger partial charge on any atom is 0.332 e. The van der Waals surface area contributed by atoms with Crippen LogP contribution < -0.4 is 16.1 Å². The van der Waals surface area contributed by atoms with E-state index in [1.807, 2.05) is 21.6 Å². The number of rotatable bonds is 3. The van der Waals surface area contributed by atoms with Crippen molar-refractivity contribution >= 4 is 40.2 Å². The lowest BCUT2D eigenvalue weighted by atomic mass is 10.1. The lowest BCUT2D eigenvalue weighted by Gasteiger charge is -2.33. The van der Waals surface area contributed by atoms with Gasteiger partial charge in [-0.05, 0) is 37.1 Å². The number of nitrogens with zero attached hydrogens (tertiary/aromatic N) is 5. The first-order valence-electron chi connectivity index (χ1n) is 9.00. The van der Waals surface area contributed by atoms with Crippen LogP contribution in [0.5, 0.6) is 0 Å². The van der Waals surface area contributed by atoms with Gasteiger partial charge < -0.3 is 9.47 Å². The molecule has 3 heterocycles. The summed E-state index contributed by atoms with van der Waals surface area (Å²) in [4.78, 5) is 43.9. The number of hydrogen-bond donors (Lipinski definition) is 0. The third-order valence-electron chi connectivity index (χ3n) is 4.96. The van der Waals surface area contributed by atoms with Crippen molar-refractivity contribution in [3.63, 3.8) is 0 Å². The van der Waals surface area contributed by atoms with Gasteiger partial charge in [0.25, 0.3) is 5.56 Å². The van der Waals surface area contributed by atoms with Gasteiger partial charge in [-0.15, -0.1) is 0 Å². The molecule has 1 aromatic carbocycles. The monoisotopic (exact) mass is 401 g/mol. The lowest BCUT2D eigenvalue weighted by molar-refractivity contribution is -0.117. The molecule has 1 aliphatic heterocycles. The van der Waals surface area contributed by atoms with Crippen LogP contribution in [0.4, 0.5) is 11.6 Å². The second kappa shape index (κ2) is 6.63. The van der Waals surface area contributed by atoms with E-state index in [-0.39, 0.29) is 18.2 Å². The van der Waals surface area contributed by atoms with Crippen LogP contribution in [-0.4, -0.2) is 31.0 Å². The van der Waals surface area contributed by atoms with E-state index in [0.29, 0.717) is 28.7 Å². The predicted octanol–water partition coefficient (Wildman–Crippen LogP) is 1.93. The standard InChI is InChI=1S/C19H20ClN5O3/c1-11-8-23(14-6-4-13(20)5-7-14)18-21-16-15(24(18)9-11)17(27)25(10-12(2)26)19(28)22(16)3/h4-7,11H,8-10H2,1-3H3/t11-/m0/s1. The summed E-state index contributed by atoms with van der Waals surface area (Å²) in [6.07, 6.45) is 0. The smallest absolute Gasteiger partial charge is 0.312 e. The molecule has 0 radical (unpaired) electrons. The maximum absolute atomic E-state index is 13.1. The summed E-state index contributed by atoms with van der Waals surface area (Å²) >= 11 is 6.01. The van der Waals surface area contributed by atoms with Crippen LogP contribution in [0.25, 0.3) is 11.2 Å². The van der Waals surface area contributed by atoms with Crippen molar-refractivity contribution < 1.29 is 4.79 Å². The van der Waals surface area contributed by atoms with E-state index in [1.54, 1.807) is 19.2 Å². The molecular formula is C19H20ClN5O3. The Morgan fingerprint density at radius 1 is 1.21 bits per heavy atom. The van der Waals surface area contributed by atoms with E-state index in [4.69, 9.17) is 11.6 Å². The number of benzene rings is 1. The highest BCUT2D eigenvalue weighted by molar-refractivity contribution is 6.30. The number of Topliss-reactive ketones (excluding diaryl/α,β-unsaturated/α-hetero) is 1. The molecule has 0 unspecified atom stereocenters. The Morgan fingerprint density at radius 2 is 1.89 bits per heavy atom. The predicted molar refractivity (Wildman–Crippen MR) is 108 cm³/mol. The summed E-state index contributed by atoms with van der Waals surface area (Å²) < 4.78 is 4.15. The van der Waals surface area contributed by atoms with Crippen LogP contribution in [0, 0.1) is 5.92 Å². The number of fused-ring (bicyclic) bond motifs is 3. The van der Waals surface area contributed by atoms with Gasteiger partial charge in [-0.3, -0.25) is 18.7 Å². The fourth-order valence-electron chi connectivity index (χ4n) is 3.71. The van der Waals surface area contributed by atoms with Crippen LogP contribution >= 0.6 is 11.6 Å². The van der Waals surface area contributed by atoms with Gasteiger partial charge >= 0.3 is 5.69 Å². The van der Waals surface area contributed by atoms with Crippen LogP contribution in [0.1, 0.15) is 13.8 Å². The Morgan fingerprint density at radius 3 is 2.54 bits per heavy atom. The molecule has 8 nitrogen and oxygen atoms in total. The third-order valence-corrected chi connectivity index (χ3v) is 5.21. The lowest BCUT2D eigenvalue weighted by Crippen LogP contribution is -2.41. The Kier molecular flexibility index (Phi) is 4.38. The van der Waals surface area contributed by atoms with E-state index in [1.165, 1.54) is 11.5 Å². The van der Waals surface area contributed by atoms with Crippen LogP contribution in [0.3, 0.4) is 0 Å². The fourth-order valence-corrected chi connectivity index (χ4v) is 3.83. The zero-order chi connectivity index (χ0) is 20.2. The molecule has 0 amide bonds. The molecule has 0 fully saturated rings.